The van der Waals surface area contributed by atoms with Gasteiger partial charge in [-0.25, -0.2) is 9.59 Å². The predicted octanol–water partition coefficient (Wildman–Crippen LogP) is 2.04. The third kappa shape index (κ3) is 3.06. The van der Waals surface area contributed by atoms with Gasteiger partial charge in [0.25, 0.3) is 0 Å². The van der Waals surface area contributed by atoms with Crippen LogP contribution in [0.1, 0.15) is 33.6 Å². The fourth-order valence-electron chi connectivity index (χ4n) is 1.45. The Kier molecular flexibility index (Phi) is 3.42. The van der Waals surface area contributed by atoms with Crippen LogP contribution in [0, 0.1) is 5.92 Å². The van der Waals surface area contributed by atoms with Crippen molar-refractivity contribution >= 4 is 11.9 Å². The Morgan fingerprint density at radius 1 is 1.24 bits per heavy atom. The Labute approximate surface area is 99.5 Å². The van der Waals surface area contributed by atoms with Gasteiger partial charge < -0.3 is 9.47 Å². The van der Waals surface area contributed by atoms with Gasteiger partial charge in [-0.3, -0.25) is 0 Å². The van der Waals surface area contributed by atoms with Gasteiger partial charge in [0.1, 0.15) is 0 Å². The van der Waals surface area contributed by atoms with Crippen molar-refractivity contribution < 1.29 is 19.1 Å². The van der Waals surface area contributed by atoms with E-state index in [-0.39, 0.29) is 5.97 Å². The van der Waals surface area contributed by atoms with Gasteiger partial charge in [0, 0.05) is 0 Å². The van der Waals surface area contributed by atoms with E-state index in [1.807, 2.05) is 0 Å². The van der Waals surface area contributed by atoms with Crippen LogP contribution in [0.25, 0.3) is 0 Å². The van der Waals surface area contributed by atoms with Gasteiger partial charge in [-0.2, -0.15) is 0 Å². The topological polar surface area (TPSA) is 52.6 Å². The molecule has 1 aliphatic rings. The molecular formula is C13H14O4. The fraction of sp³-hybridized carbons (Fsp3) is 0.385. The van der Waals surface area contributed by atoms with E-state index in [0.717, 1.165) is 12.8 Å². The molecule has 0 N–H and O–H groups in total. The van der Waals surface area contributed by atoms with E-state index in [0.29, 0.717) is 23.7 Å². The fourth-order valence-corrected chi connectivity index (χ4v) is 1.45. The molecule has 0 spiro atoms. The second-order valence-corrected chi connectivity index (χ2v) is 4.11. The molecule has 1 saturated carbocycles. The van der Waals surface area contributed by atoms with Crippen molar-refractivity contribution in [3.8, 4) is 0 Å². The standard InChI is InChI=1S/C13H14O4/c1-16-12(14)10-3-2-4-11(7-10)13(15)17-8-9-5-6-9/h2-4,7,9H,5-6,8H2,1H3. The first-order valence-electron chi connectivity index (χ1n) is 5.56. The third-order valence-corrected chi connectivity index (χ3v) is 2.67. The Morgan fingerprint density at radius 3 is 2.47 bits per heavy atom. The molecule has 0 radical (unpaired) electrons. The molecule has 0 heterocycles. The molecule has 0 saturated heterocycles. The third-order valence-electron chi connectivity index (χ3n) is 2.67. The van der Waals surface area contributed by atoms with Gasteiger partial charge in [-0.05, 0) is 37.0 Å². The summed E-state index contributed by atoms with van der Waals surface area (Å²) < 4.78 is 9.72. The average Bonchev–Trinajstić information content (AvgIpc) is 3.19. The largest absolute Gasteiger partial charge is 0.465 e. The van der Waals surface area contributed by atoms with Crippen molar-refractivity contribution in [3.63, 3.8) is 0 Å². The number of methoxy groups -OCH3 is 1. The van der Waals surface area contributed by atoms with Crippen LogP contribution in [-0.4, -0.2) is 25.7 Å². The molecule has 1 aliphatic carbocycles. The molecule has 1 aromatic rings. The summed E-state index contributed by atoms with van der Waals surface area (Å²) in [5.41, 5.74) is 0.738. The van der Waals surface area contributed by atoms with Crippen molar-refractivity contribution in [2.45, 2.75) is 12.8 Å². The van der Waals surface area contributed by atoms with Crippen LogP contribution in [0.3, 0.4) is 0 Å². The van der Waals surface area contributed by atoms with Crippen LogP contribution < -0.4 is 0 Å². The molecule has 0 bridgehead atoms. The number of ether oxygens (including phenoxy) is 2. The van der Waals surface area contributed by atoms with Gasteiger partial charge >= 0.3 is 11.9 Å². The number of esters is 2. The monoisotopic (exact) mass is 234 g/mol. The van der Waals surface area contributed by atoms with Gasteiger partial charge in [-0.15, -0.1) is 0 Å². The molecule has 0 unspecified atom stereocenters. The van der Waals surface area contributed by atoms with Crippen molar-refractivity contribution in [1.29, 1.82) is 0 Å². The number of carbonyl (C=O) groups is 2. The molecule has 4 heteroatoms. The number of benzene rings is 1. The maximum absolute atomic E-state index is 11.7. The molecule has 4 nitrogen and oxygen atoms in total. The van der Waals surface area contributed by atoms with Crippen molar-refractivity contribution in [1.82, 2.24) is 0 Å². The van der Waals surface area contributed by atoms with Crippen LogP contribution in [-0.2, 0) is 9.47 Å². The lowest BCUT2D eigenvalue weighted by molar-refractivity contribution is 0.0486. The number of carbonyl (C=O) groups excluding carboxylic acids is 2. The minimum Gasteiger partial charge on any atom is -0.465 e. The first kappa shape index (κ1) is 11.6. The highest BCUT2D eigenvalue weighted by molar-refractivity contribution is 5.95. The van der Waals surface area contributed by atoms with E-state index >= 15 is 0 Å². The summed E-state index contributed by atoms with van der Waals surface area (Å²) >= 11 is 0. The van der Waals surface area contributed by atoms with E-state index in [1.165, 1.54) is 13.2 Å². The summed E-state index contributed by atoms with van der Waals surface area (Å²) in [5, 5.41) is 0. The lowest BCUT2D eigenvalue weighted by atomic mass is 10.1. The summed E-state index contributed by atoms with van der Waals surface area (Å²) in [6, 6.07) is 6.35. The number of rotatable bonds is 4. The minimum absolute atomic E-state index is 0.355. The SMILES string of the molecule is COC(=O)c1cccc(C(=O)OCC2CC2)c1. The van der Waals surface area contributed by atoms with Gasteiger partial charge in [0.05, 0.1) is 24.8 Å². The molecule has 90 valence electrons. The van der Waals surface area contributed by atoms with E-state index in [9.17, 15) is 9.59 Å². The average molecular weight is 234 g/mol. The second-order valence-electron chi connectivity index (χ2n) is 4.11. The lowest BCUT2D eigenvalue weighted by Crippen LogP contribution is -2.09. The van der Waals surface area contributed by atoms with Crippen LogP contribution in [0.4, 0.5) is 0 Å². The minimum atomic E-state index is -0.457. The molecule has 1 aromatic carbocycles. The van der Waals surface area contributed by atoms with Crippen molar-refractivity contribution in [3.05, 3.63) is 35.4 Å². The summed E-state index contributed by atoms with van der Waals surface area (Å²) in [6.45, 7) is 0.473. The van der Waals surface area contributed by atoms with E-state index in [4.69, 9.17) is 4.74 Å². The van der Waals surface area contributed by atoms with Gasteiger partial charge in [-0.1, -0.05) is 6.07 Å². The van der Waals surface area contributed by atoms with Gasteiger partial charge in [0.15, 0.2) is 0 Å². The van der Waals surface area contributed by atoms with Crippen LogP contribution in [0.15, 0.2) is 24.3 Å². The maximum Gasteiger partial charge on any atom is 0.338 e. The zero-order valence-corrected chi connectivity index (χ0v) is 9.64. The molecule has 2 rings (SSSR count). The Balaban J connectivity index is 2.03. The van der Waals surface area contributed by atoms with Gasteiger partial charge in [0.2, 0.25) is 0 Å². The first-order chi connectivity index (χ1) is 8.20. The molecule has 0 amide bonds. The van der Waals surface area contributed by atoms with E-state index in [1.54, 1.807) is 18.2 Å². The van der Waals surface area contributed by atoms with Crippen LogP contribution in [0.2, 0.25) is 0 Å². The Morgan fingerprint density at radius 2 is 1.88 bits per heavy atom. The van der Waals surface area contributed by atoms with E-state index < -0.39 is 5.97 Å². The normalized spacial score (nSPS) is 14.2. The number of hydrogen-bond acceptors (Lipinski definition) is 4. The highest BCUT2D eigenvalue weighted by atomic mass is 16.5. The zero-order chi connectivity index (χ0) is 12.3. The van der Waals surface area contributed by atoms with Crippen molar-refractivity contribution in [2.24, 2.45) is 5.92 Å². The van der Waals surface area contributed by atoms with E-state index in [2.05, 4.69) is 4.74 Å². The second kappa shape index (κ2) is 4.99. The highest BCUT2D eigenvalue weighted by Gasteiger charge is 2.23. The molecule has 0 aromatic heterocycles. The summed E-state index contributed by atoms with van der Waals surface area (Å²) in [5.74, 6) is -0.313. The number of hydrogen-bond donors (Lipinski definition) is 0. The maximum atomic E-state index is 11.7. The summed E-state index contributed by atoms with van der Waals surface area (Å²) in [7, 11) is 1.31. The van der Waals surface area contributed by atoms with Crippen molar-refractivity contribution in [2.75, 3.05) is 13.7 Å². The molecular weight excluding hydrogens is 220 g/mol. The quantitative estimate of drug-likeness (QED) is 0.748. The predicted molar refractivity (Wildman–Crippen MR) is 60.8 cm³/mol. The molecule has 0 aliphatic heterocycles. The molecule has 17 heavy (non-hydrogen) atoms. The first-order valence-corrected chi connectivity index (χ1v) is 5.56. The smallest absolute Gasteiger partial charge is 0.338 e. The Hall–Kier alpha value is -1.84. The lowest BCUT2D eigenvalue weighted by Gasteiger charge is -2.05. The summed E-state index contributed by atoms with van der Waals surface area (Å²) in [4.78, 5) is 23.0. The Bertz CT molecular complexity index is 435. The highest BCUT2D eigenvalue weighted by Crippen LogP contribution is 2.29. The molecule has 1 fully saturated rings. The zero-order valence-electron chi connectivity index (χ0n) is 9.64. The van der Waals surface area contributed by atoms with Crippen LogP contribution >= 0.6 is 0 Å². The summed E-state index contributed by atoms with van der Waals surface area (Å²) in [6.07, 6.45) is 2.27. The van der Waals surface area contributed by atoms with Crippen LogP contribution in [0.5, 0.6) is 0 Å². The molecule has 0 atom stereocenters.